The Hall–Kier alpha value is -3.21. The summed E-state index contributed by atoms with van der Waals surface area (Å²) in [5, 5.41) is 0. The number of nitrogens with zero attached hydrogens (tertiary/aromatic N) is 3. The maximum atomic E-state index is 12.9. The van der Waals surface area contributed by atoms with E-state index in [1.54, 1.807) is 4.90 Å². The Labute approximate surface area is 177 Å². The van der Waals surface area contributed by atoms with E-state index in [0.29, 0.717) is 18.7 Å². The van der Waals surface area contributed by atoms with Crippen LogP contribution in [0.5, 0.6) is 5.75 Å². The number of rotatable bonds is 3. The van der Waals surface area contributed by atoms with E-state index in [1.165, 1.54) is 0 Å². The zero-order valence-corrected chi connectivity index (χ0v) is 18.0. The average Bonchev–Trinajstić information content (AvgIpc) is 2.75. The van der Waals surface area contributed by atoms with Crippen LogP contribution < -0.4 is 4.74 Å². The van der Waals surface area contributed by atoms with Crippen LogP contribution in [0, 0.1) is 20.8 Å². The predicted octanol–water partition coefficient (Wildman–Crippen LogP) is 4.51. The van der Waals surface area contributed by atoms with Crippen molar-refractivity contribution in [2.24, 2.45) is 0 Å². The molecule has 0 saturated heterocycles. The number of aromatic nitrogens is 2. The molecule has 0 atom stereocenters. The van der Waals surface area contributed by atoms with Crippen LogP contribution in [0.1, 0.15) is 44.7 Å². The van der Waals surface area contributed by atoms with Gasteiger partial charge in [-0.25, -0.2) is 0 Å². The summed E-state index contributed by atoms with van der Waals surface area (Å²) < 4.78 is 5.97. The number of benzene rings is 1. The van der Waals surface area contributed by atoms with Crippen molar-refractivity contribution < 1.29 is 9.53 Å². The van der Waals surface area contributed by atoms with Crippen LogP contribution in [0.4, 0.5) is 0 Å². The highest BCUT2D eigenvalue weighted by molar-refractivity contribution is 5.98. The van der Waals surface area contributed by atoms with E-state index in [2.05, 4.69) is 23.0 Å². The lowest BCUT2D eigenvalue weighted by atomic mass is 9.93. The van der Waals surface area contributed by atoms with Crippen molar-refractivity contribution in [3.05, 3.63) is 76.2 Å². The fourth-order valence-electron chi connectivity index (χ4n) is 3.81. The molecule has 1 aliphatic heterocycles. The standard InChI is InChI=1S/C25H27N3O2/c1-16-6-8-20(15-26-16)23-9-7-19(14-27-23)12-21-13-22-24(18(3)17(21)2)30-11-5-10-28(4)25(22)29/h6-9,13-15H,5,10-12H2,1-4H3. The van der Waals surface area contributed by atoms with Gasteiger partial charge in [0.05, 0.1) is 17.9 Å². The number of fused-ring (bicyclic) bond motifs is 1. The molecule has 0 N–H and O–H groups in total. The molecular formula is C25H27N3O2. The highest BCUT2D eigenvalue weighted by atomic mass is 16.5. The van der Waals surface area contributed by atoms with Gasteiger partial charge in [-0.1, -0.05) is 6.07 Å². The molecule has 30 heavy (non-hydrogen) atoms. The molecule has 3 aromatic rings. The van der Waals surface area contributed by atoms with Crippen molar-refractivity contribution in [3.8, 4) is 17.0 Å². The molecule has 2 aromatic heterocycles. The number of amides is 1. The number of ether oxygens (including phenoxy) is 1. The molecule has 0 saturated carbocycles. The van der Waals surface area contributed by atoms with Crippen molar-refractivity contribution in [2.45, 2.75) is 33.6 Å². The van der Waals surface area contributed by atoms with E-state index in [-0.39, 0.29) is 5.91 Å². The Morgan fingerprint density at radius 3 is 2.57 bits per heavy atom. The summed E-state index contributed by atoms with van der Waals surface area (Å²) in [6.07, 6.45) is 5.32. The molecule has 5 heteroatoms. The smallest absolute Gasteiger partial charge is 0.257 e. The van der Waals surface area contributed by atoms with Gasteiger partial charge in [0.1, 0.15) is 5.75 Å². The number of carbonyl (C=O) groups is 1. The molecule has 4 rings (SSSR count). The maximum absolute atomic E-state index is 12.9. The maximum Gasteiger partial charge on any atom is 0.257 e. The lowest BCUT2D eigenvalue weighted by Crippen LogP contribution is -2.31. The SMILES string of the molecule is Cc1ccc(-c2ccc(Cc3cc4c(c(C)c3C)OCCCN(C)C4=O)cn2)cn1. The van der Waals surface area contributed by atoms with Crippen LogP contribution in [-0.2, 0) is 6.42 Å². The van der Waals surface area contributed by atoms with Crippen molar-refractivity contribution in [1.29, 1.82) is 0 Å². The third-order valence-corrected chi connectivity index (χ3v) is 5.84. The summed E-state index contributed by atoms with van der Waals surface area (Å²) in [6, 6.07) is 10.2. The van der Waals surface area contributed by atoms with Crippen molar-refractivity contribution >= 4 is 5.91 Å². The topological polar surface area (TPSA) is 55.3 Å². The summed E-state index contributed by atoms with van der Waals surface area (Å²) >= 11 is 0. The molecule has 0 unspecified atom stereocenters. The Morgan fingerprint density at radius 1 is 1.03 bits per heavy atom. The van der Waals surface area contributed by atoms with Crippen LogP contribution in [0.2, 0.25) is 0 Å². The highest BCUT2D eigenvalue weighted by Crippen LogP contribution is 2.32. The van der Waals surface area contributed by atoms with Crippen molar-refractivity contribution in [3.63, 3.8) is 0 Å². The van der Waals surface area contributed by atoms with Gasteiger partial charge in [0.25, 0.3) is 5.91 Å². The van der Waals surface area contributed by atoms with Gasteiger partial charge in [0.15, 0.2) is 0 Å². The van der Waals surface area contributed by atoms with Crippen LogP contribution in [0.3, 0.4) is 0 Å². The van der Waals surface area contributed by atoms with E-state index >= 15 is 0 Å². The minimum atomic E-state index is 0.0226. The first-order valence-corrected chi connectivity index (χ1v) is 10.3. The minimum absolute atomic E-state index is 0.0226. The summed E-state index contributed by atoms with van der Waals surface area (Å²) in [6.45, 7) is 7.45. The molecule has 3 heterocycles. The van der Waals surface area contributed by atoms with Crippen molar-refractivity contribution in [2.75, 3.05) is 20.2 Å². The van der Waals surface area contributed by atoms with E-state index in [4.69, 9.17) is 4.74 Å². The van der Waals surface area contributed by atoms with Gasteiger partial charge in [-0.05, 0) is 80.1 Å². The number of carbonyl (C=O) groups excluding carboxylic acids is 1. The molecule has 0 spiro atoms. The summed E-state index contributed by atoms with van der Waals surface area (Å²) in [7, 11) is 1.86. The van der Waals surface area contributed by atoms with Crippen LogP contribution >= 0.6 is 0 Å². The normalized spacial score (nSPS) is 14.0. The van der Waals surface area contributed by atoms with Crippen LogP contribution in [-0.4, -0.2) is 41.0 Å². The largest absolute Gasteiger partial charge is 0.492 e. The molecule has 1 aromatic carbocycles. The third-order valence-electron chi connectivity index (χ3n) is 5.84. The molecule has 0 aliphatic carbocycles. The summed E-state index contributed by atoms with van der Waals surface area (Å²) in [4.78, 5) is 23.7. The molecule has 0 bridgehead atoms. The Kier molecular flexibility index (Phi) is 5.53. The van der Waals surface area contributed by atoms with E-state index in [1.807, 2.05) is 57.6 Å². The number of aryl methyl sites for hydroxylation is 1. The second kappa shape index (κ2) is 8.27. The Bertz CT molecular complexity index is 1070. The first-order valence-electron chi connectivity index (χ1n) is 10.3. The van der Waals surface area contributed by atoms with Gasteiger partial charge >= 0.3 is 0 Å². The second-order valence-corrected chi connectivity index (χ2v) is 8.01. The molecule has 1 aliphatic rings. The molecule has 0 fully saturated rings. The fraction of sp³-hybridized carbons (Fsp3) is 0.320. The minimum Gasteiger partial charge on any atom is -0.492 e. The lowest BCUT2D eigenvalue weighted by Gasteiger charge is -2.25. The number of pyridine rings is 2. The van der Waals surface area contributed by atoms with E-state index in [0.717, 1.165) is 57.8 Å². The van der Waals surface area contributed by atoms with E-state index in [9.17, 15) is 4.79 Å². The first-order chi connectivity index (χ1) is 14.4. The summed E-state index contributed by atoms with van der Waals surface area (Å²) in [5.74, 6) is 0.752. The van der Waals surface area contributed by atoms with Gasteiger partial charge in [-0.3, -0.25) is 14.8 Å². The first kappa shape index (κ1) is 20.1. The van der Waals surface area contributed by atoms with E-state index < -0.39 is 0 Å². The quantitative estimate of drug-likeness (QED) is 0.648. The zero-order chi connectivity index (χ0) is 21.3. The zero-order valence-electron chi connectivity index (χ0n) is 18.0. The molecule has 154 valence electrons. The molecule has 1 amide bonds. The van der Waals surface area contributed by atoms with Gasteiger partial charge in [-0.15, -0.1) is 0 Å². The molecule has 0 radical (unpaired) electrons. The number of hydrogen-bond acceptors (Lipinski definition) is 4. The summed E-state index contributed by atoms with van der Waals surface area (Å²) in [5.41, 5.74) is 8.00. The Morgan fingerprint density at radius 2 is 1.87 bits per heavy atom. The predicted molar refractivity (Wildman–Crippen MR) is 118 cm³/mol. The van der Waals surface area contributed by atoms with Gasteiger partial charge in [0, 0.05) is 37.2 Å². The van der Waals surface area contributed by atoms with Crippen LogP contribution in [0.25, 0.3) is 11.3 Å². The van der Waals surface area contributed by atoms with Gasteiger partial charge in [-0.2, -0.15) is 0 Å². The lowest BCUT2D eigenvalue weighted by molar-refractivity contribution is 0.0768. The highest BCUT2D eigenvalue weighted by Gasteiger charge is 2.23. The van der Waals surface area contributed by atoms with Gasteiger partial charge in [0.2, 0.25) is 0 Å². The van der Waals surface area contributed by atoms with Gasteiger partial charge < -0.3 is 9.64 Å². The van der Waals surface area contributed by atoms with Crippen LogP contribution in [0.15, 0.2) is 42.7 Å². The molecular weight excluding hydrogens is 374 g/mol. The average molecular weight is 402 g/mol. The third kappa shape index (κ3) is 3.92. The monoisotopic (exact) mass is 401 g/mol. The van der Waals surface area contributed by atoms with Crippen molar-refractivity contribution in [1.82, 2.24) is 14.9 Å². The fourth-order valence-corrected chi connectivity index (χ4v) is 3.81. The Balaban J connectivity index is 1.64. The second-order valence-electron chi connectivity index (χ2n) is 8.01. The number of hydrogen-bond donors (Lipinski definition) is 0. The molecule has 5 nitrogen and oxygen atoms in total.